The number of nitrogens with zero attached hydrogens (tertiary/aromatic N) is 2. The number of aromatic nitrogens is 2. The maximum Gasteiger partial charge on any atom is 0.220 e. The van der Waals surface area contributed by atoms with Crippen LogP contribution in [0.4, 0.5) is 5.82 Å². The molecule has 0 amide bonds. The summed E-state index contributed by atoms with van der Waals surface area (Å²) in [5.74, 6) is 0.586. The number of aliphatic hydroxyl groups is 1. The van der Waals surface area contributed by atoms with E-state index < -0.39 is 6.29 Å². The van der Waals surface area contributed by atoms with Gasteiger partial charge in [-0.3, -0.25) is 0 Å². The Labute approximate surface area is 63.8 Å². The van der Waals surface area contributed by atoms with E-state index in [9.17, 15) is 0 Å². The molecule has 0 saturated heterocycles. The Balaban J connectivity index is 2.71. The van der Waals surface area contributed by atoms with E-state index in [1.807, 2.05) is 0 Å². The van der Waals surface area contributed by atoms with Crippen molar-refractivity contribution in [1.82, 2.24) is 9.97 Å². The number of hydrogen-bond donors (Lipinski definition) is 2. The van der Waals surface area contributed by atoms with Crippen molar-refractivity contribution in [2.75, 3.05) is 5.73 Å². The number of nitrogens with two attached hydrogens (primary N) is 1. The summed E-state index contributed by atoms with van der Waals surface area (Å²) in [6.07, 6.45) is 0.386. The number of ether oxygens (including phenoxy) is 1. The van der Waals surface area contributed by atoms with Crippen LogP contribution in [0.25, 0.3) is 0 Å². The summed E-state index contributed by atoms with van der Waals surface area (Å²) in [6, 6.07) is 1.44. The van der Waals surface area contributed by atoms with Gasteiger partial charge < -0.3 is 15.6 Å². The van der Waals surface area contributed by atoms with Crippen LogP contribution in [0.3, 0.4) is 0 Å². The average molecular weight is 155 g/mol. The highest BCUT2D eigenvalue weighted by Crippen LogP contribution is 2.08. The van der Waals surface area contributed by atoms with Crippen LogP contribution in [0, 0.1) is 0 Å². The maximum absolute atomic E-state index is 8.77. The number of anilines is 1. The molecule has 0 aliphatic carbocycles. The Hall–Kier alpha value is -1.36. The third-order valence-corrected chi connectivity index (χ3v) is 0.954. The third kappa shape index (κ3) is 2.38. The molecule has 11 heavy (non-hydrogen) atoms. The van der Waals surface area contributed by atoms with E-state index in [0.29, 0.717) is 5.82 Å². The fourth-order valence-corrected chi connectivity index (χ4v) is 0.593. The third-order valence-electron chi connectivity index (χ3n) is 0.954. The monoisotopic (exact) mass is 155 g/mol. The van der Waals surface area contributed by atoms with Gasteiger partial charge in [0.1, 0.15) is 12.1 Å². The zero-order valence-corrected chi connectivity index (χ0v) is 6.06. The van der Waals surface area contributed by atoms with E-state index >= 15 is 0 Å². The average Bonchev–Trinajstić information content (AvgIpc) is 1.85. The summed E-state index contributed by atoms with van der Waals surface area (Å²) < 4.78 is 4.82. The van der Waals surface area contributed by atoms with Crippen LogP contribution in [0.1, 0.15) is 6.92 Å². The van der Waals surface area contributed by atoms with Crippen molar-refractivity contribution in [3.63, 3.8) is 0 Å². The predicted octanol–water partition coefficient (Wildman–Crippen LogP) is -0.224. The molecule has 5 heteroatoms. The standard InChI is InChI=1S/C6H9N3O2/c1-4(10)11-6-2-5(7)8-3-9-6/h2-4,10H,1H3,(H2,7,8,9). The first kappa shape index (κ1) is 7.74. The molecule has 0 spiro atoms. The molecule has 0 fully saturated rings. The predicted molar refractivity (Wildman–Crippen MR) is 38.8 cm³/mol. The van der Waals surface area contributed by atoms with Crippen molar-refractivity contribution in [1.29, 1.82) is 0 Å². The van der Waals surface area contributed by atoms with Crippen LogP contribution < -0.4 is 10.5 Å². The highest BCUT2D eigenvalue weighted by molar-refractivity contribution is 5.30. The summed E-state index contributed by atoms with van der Waals surface area (Å²) in [5, 5.41) is 8.77. The second-order valence-electron chi connectivity index (χ2n) is 2.00. The number of rotatable bonds is 2. The lowest BCUT2D eigenvalue weighted by molar-refractivity contribution is -0.00371. The van der Waals surface area contributed by atoms with Crippen LogP contribution in [-0.2, 0) is 0 Å². The molecule has 0 radical (unpaired) electrons. The smallest absolute Gasteiger partial charge is 0.220 e. The highest BCUT2D eigenvalue weighted by atomic mass is 16.6. The molecule has 0 saturated carbocycles. The lowest BCUT2D eigenvalue weighted by atomic mass is 10.6. The molecule has 5 nitrogen and oxygen atoms in total. The van der Waals surface area contributed by atoms with Gasteiger partial charge in [0.15, 0.2) is 6.29 Å². The van der Waals surface area contributed by atoms with Crippen molar-refractivity contribution >= 4 is 5.82 Å². The molecule has 60 valence electrons. The molecular weight excluding hydrogens is 146 g/mol. The fourth-order valence-electron chi connectivity index (χ4n) is 0.593. The van der Waals surface area contributed by atoms with Crippen molar-refractivity contribution < 1.29 is 9.84 Å². The summed E-state index contributed by atoms with van der Waals surface area (Å²) >= 11 is 0. The van der Waals surface area contributed by atoms with Gasteiger partial charge in [0.05, 0.1) is 0 Å². The first-order chi connectivity index (χ1) is 5.18. The lowest BCUT2D eigenvalue weighted by Gasteiger charge is -2.06. The van der Waals surface area contributed by atoms with Crippen molar-refractivity contribution in [3.05, 3.63) is 12.4 Å². The van der Waals surface area contributed by atoms with Crippen LogP contribution in [0.5, 0.6) is 5.88 Å². The Morgan fingerprint density at radius 2 is 2.36 bits per heavy atom. The van der Waals surface area contributed by atoms with Gasteiger partial charge in [0.25, 0.3) is 0 Å². The normalized spacial score (nSPS) is 12.5. The molecule has 1 aromatic heterocycles. The van der Waals surface area contributed by atoms with Crippen molar-refractivity contribution in [2.45, 2.75) is 13.2 Å². The van der Waals surface area contributed by atoms with Crippen LogP contribution >= 0.6 is 0 Å². The van der Waals surface area contributed by atoms with Gasteiger partial charge in [-0.15, -0.1) is 0 Å². The molecular formula is C6H9N3O2. The Morgan fingerprint density at radius 3 is 2.91 bits per heavy atom. The van der Waals surface area contributed by atoms with Crippen LogP contribution in [-0.4, -0.2) is 21.4 Å². The van der Waals surface area contributed by atoms with Gasteiger partial charge in [-0.2, -0.15) is 0 Å². The minimum Gasteiger partial charge on any atom is -0.448 e. The second-order valence-corrected chi connectivity index (χ2v) is 2.00. The lowest BCUT2D eigenvalue weighted by Crippen LogP contribution is -2.10. The van der Waals surface area contributed by atoms with E-state index in [0.717, 1.165) is 0 Å². The number of nitrogen functional groups attached to an aromatic ring is 1. The molecule has 0 aliphatic rings. The van der Waals surface area contributed by atoms with E-state index in [4.69, 9.17) is 15.6 Å². The molecule has 3 N–H and O–H groups in total. The minimum atomic E-state index is -0.885. The summed E-state index contributed by atoms with van der Waals surface area (Å²) in [4.78, 5) is 7.36. The van der Waals surface area contributed by atoms with E-state index in [-0.39, 0.29) is 5.88 Å². The Bertz CT molecular complexity index is 239. The first-order valence-electron chi connectivity index (χ1n) is 3.11. The second kappa shape index (κ2) is 3.16. The largest absolute Gasteiger partial charge is 0.448 e. The quantitative estimate of drug-likeness (QED) is 0.577. The summed E-state index contributed by atoms with van der Waals surface area (Å²) in [5.41, 5.74) is 5.32. The molecule has 0 aromatic carbocycles. The molecule has 1 heterocycles. The SMILES string of the molecule is CC(O)Oc1cc(N)ncn1. The molecule has 1 aromatic rings. The zero-order valence-electron chi connectivity index (χ0n) is 6.06. The first-order valence-corrected chi connectivity index (χ1v) is 3.11. The molecule has 1 atom stereocenters. The van der Waals surface area contributed by atoms with Gasteiger partial charge in [0.2, 0.25) is 5.88 Å². The summed E-state index contributed by atoms with van der Waals surface area (Å²) in [6.45, 7) is 1.48. The molecule has 0 aliphatic heterocycles. The van der Waals surface area contributed by atoms with Gasteiger partial charge >= 0.3 is 0 Å². The van der Waals surface area contributed by atoms with Gasteiger partial charge in [-0.1, -0.05) is 0 Å². The van der Waals surface area contributed by atoms with Crippen molar-refractivity contribution in [3.8, 4) is 5.88 Å². The van der Waals surface area contributed by atoms with Gasteiger partial charge in [-0.05, 0) is 6.92 Å². The number of hydrogen-bond acceptors (Lipinski definition) is 5. The van der Waals surface area contributed by atoms with Crippen molar-refractivity contribution in [2.24, 2.45) is 0 Å². The maximum atomic E-state index is 8.77. The van der Waals surface area contributed by atoms with Gasteiger partial charge in [-0.25, -0.2) is 9.97 Å². The summed E-state index contributed by atoms with van der Waals surface area (Å²) in [7, 11) is 0. The Kier molecular flexibility index (Phi) is 2.22. The number of aliphatic hydroxyl groups excluding tert-OH is 1. The van der Waals surface area contributed by atoms with E-state index in [2.05, 4.69) is 9.97 Å². The minimum absolute atomic E-state index is 0.271. The molecule has 1 unspecified atom stereocenters. The molecule has 1 rings (SSSR count). The topological polar surface area (TPSA) is 81.3 Å². The van der Waals surface area contributed by atoms with E-state index in [1.165, 1.54) is 19.3 Å². The molecule has 0 bridgehead atoms. The Morgan fingerprint density at radius 1 is 1.64 bits per heavy atom. The van der Waals surface area contributed by atoms with E-state index in [1.54, 1.807) is 0 Å². The van der Waals surface area contributed by atoms with Gasteiger partial charge in [0, 0.05) is 6.07 Å². The zero-order chi connectivity index (χ0) is 8.27. The van der Waals surface area contributed by atoms with Crippen LogP contribution in [0.15, 0.2) is 12.4 Å². The highest BCUT2D eigenvalue weighted by Gasteiger charge is 1.99. The fraction of sp³-hybridized carbons (Fsp3) is 0.333. The van der Waals surface area contributed by atoms with Crippen LogP contribution in [0.2, 0.25) is 0 Å².